The van der Waals surface area contributed by atoms with Crippen LogP contribution in [0.3, 0.4) is 0 Å². The van der Waals surface area contributed by atoms with Crippen LogP contribution < -0.4 is 0 Å². The molecule has 0 aromatic heterocycles. The predicted octanol–water partition coefficient (Wildman–Crippen LogP) is 1.51. The average molecular weight is 163 g/mol. The SMILES string of the molecule is COC.COCCl.Cl. The molecule has 0 N–H and O–H groups in total. The molecule has 0 aliphatic carbocycles. The van der Waals surface area contributed by atoms with Crippen molar-refractivity contribution in [3.63, 3.8) is 0 Å². The fraction of sp³-hybridized carbons (Fsp3) is 1.00. The highest BCUT2D eigenvalue weighted by Crippen LogP contribution is 1.66. The van der Waals surface area contributed by atoms with Crippen molar-refractivity contribution < 1.29 is 9.47 Å². The highest BCUT2D eigenvalue weighted by atomic mass is 35.5. The first kappa shape index (κ1) is 15.8. The van der Waals surface area contributed by atoms with E-state index >= 15 is 0 Å². The molecule has 0 bridgehead atoms. The van der Waals surface area contributed by atoms with Crippen molar-refractivity contribution in [3.05, 3.63) is 0 Å². The summed E-state index contributed by atoms with van der Waals surface area (Å²) >= 11 is 4.96. The van der Waals surface area contributed by atoms with E-state index in [1.165, 1.54) is 0 Å². The van der Waals surface area contributed by atoms with Crippen LogP contribution in [0.5, 0.6) is 0 Å². The van der Waals surface area contributed by atoms with Gasteiger partial charge < -0.3 is 9.47 Å². The van der Waals surface area contributed by atoms with Crippen LogP contribution in [0.15, 0.2) is 0 Å². The van der Waals surface area contributed by atoms with Crippen molar-refractivity contribution in [3.8, 4) is 0 Å². The normalized spacial score (nSPS) is 6.00. The van der Waals surface area contributed by atoms with Crippen molar-refractivity contribution in [2.24, 2.45) is 0 Å². The lowest BCUT2D eigenvalue weighted by Gasteiger charge is -1.74. The lowest BCUT2D eigenvalue weighted by molar-refractivity contribution is 0.254. The van der Waals surface area contributed by atoms with Gasteiger partial charge in [0, 0.05) is 21.3 Å². The first-order valence-electron chi connectivity index (χ1n) is 1.78. The van der Waals surface area contributed by atoms with E-state index in [2.05, 4.69) is 9.47 Å². The van der Waals surface area contributed by atoms with Crippen molar-refractivity contribution in [1.29, 1.82) is 0 Å². The van der Waals surface area contributed by atoms with Crippen LogP contribution in [-0.2, 0) is 9.47 Å². The highest BCUT2D eigenvalue weighted by molar-refractivity contribution is 6.17. The van der Waals surface area contributed by atoms with E-state index < -0.39 is 0 Å². The molecule has 8 heavy (non-hydrogen) atoms. The summed E-state index contributed by atoms with van der Waals surface area (Å²) in [5, 5.41) is 0. The molecule has 2 nitrogen and oxygen atoms in total. The van der Waals surface area contributed by atoms with E-state index in [-0.39, 0.29) is 12.4 Å². The van der Waals surface area contributed by atoms with Gasteiger partial charge in [0.05, 0.1) is 0 Å². The second-order valence-electron chi connectivity index (χ2n) is 0.806. The number of hydrogen-bond acceptors (Lipinski definition) is 2. The van der Waals surface area contributed by atoms with E-state index in [0.717, 1.165) is 0 Å². The van der Waals surface area contributed by atoms with Crippen LogP contribution in [0.2, 0.25) is 0 Å². The Hall–Kier alpha value is 0.500. The van der Waals surface area contributed by atoms with Crippen molar-refractivity contribution in [2.45, 2.75) is 0 Å². The van der Waals surface area contributed by atoms with Gasteiger partial charge in [-0.3, -0.25) is 0 Å². The van der Waals surface area contributed by atoms with Crippen LogP contribution in [0.1, 0.15) is 0 Å². The van der Waals surface area contributed by atoms with E-state index in [9.17, 15) is 0 Å². The summed E-state index contributed by atoms with van der Waals surface area (Å²) in [4.78, 5) is 0. The smallest absolute Gasteiger partial charge is 0.120 e. The molecule has 0 unspecified atom stereocenters. The predicted molar refractivity (Wildman–Crippen MR) is 37.9 cm³/mol. The van der Waals surface area contributed by atoms with E-state index in [1.54, 1.807) is 21.3 Å². The third-order valence-corrected chi connectivity index (χ3v) is 0.327. The molecule has 0 rings (SSSR count). The van der Waals surface area contributed by atoms with Gasteiger partial charge in [-0.2, -0.15) is 0 Å². The summed E-state index contributed by atoms with van der Waals surface area (Å²) in [6, 6.07) is 0.292. The molecule has 0 aliphatic rings. The Bertz CT molecular complexity index is 19.5. The lowest BCUT2D eigenvalue weighted by Crippen LogP contribution is -1.68. The van der Waals surface area contributed by atoms with Crippen molar-refractivity contribution in [2.75, 3.05) is 27.4 Å². The molecule has 0 amide bonds. The van der Waals surface area contributed by atoms with Crippen molar-refractivity contribution >= 4 is 24.0 Å². The van der Waals surface area contributed by atoms with E-state index in [0.29, 0.717) is 6.07 Å². The fourth-order valence-corrected chi connectivity index (χ4v) is 0. The fourth-order valence-electron chi connectivity index (χ4n) is 0. The van der Waals surface area contributed by atoms with Gasteiger partial charge in [-0.05, 0) is 0 Å². The van der Waals surface area contributed by atoms with Crippen LogP contribution >= 0.6 is 24.0 Å². The standard InChI is InChI=1S/C2H5ClO.C2H6O.ClH/c1-4-2-3;1-3-2;/h2H2,1H3;1-2H3;1H. The van der Waals surface area contributed by atoms with Crippen LogP contribution in [0.25, 0.3) is 0 Å². The van der Waals surface area contributed by atoms with Gasteiger partial charge in [0.2, 0.25) is 0 Å². The molecular weight excluding hydrogens is 151 g/mol. The summed E-state index contributed by atoms with van der Waals surface area (Å²) < 4.78 is 8.56. The summed E-state index contributed by atoms with van der Waals surface area (Å²) in [7, 11) is 4.80. The van der Waals surface area contributed by atoms with Gasteiger partial charge in [-0.1, -0.05) is 11.6 Å². The Morgan fingerprint density at radius 3 is 1.38 bits per heavy atom. The Balaban J connectivity index is -0.0000000575. The van der Waals surface area contributed by atoms with Gasteiger partial charge in [-0.15, -0.1) is 12.4 Å². The molecule has 0 aliphatic heterocycles. The second kappa shape index (κ2) is 25.9. The molecule has 0 saturated heterocycles. The Labute approximate surface area is 61.5 Å². The number of halogens is 2. The third kappa shape index (κ3) is 87.4. The number of methoxy groups -OCH3 is 2. The Morgan fingerprint density at radius 2 is 1.38 bits per heavy atom. The summed E-state index contributed by atoms with van der Waals surface area (Å²) in [5.41, 5.74) is 0. The van der Waals surface area contributed by atoms with Crippen LogP contribution in [0.4, 0.5) is 0 Å². The summed E-state index contributed by atoms with van der Waals surface area (Å²) in [6.45, 7) is 0. The topological polar surface area (TPSA) is 18.5 Å². The monoisotopic (exact) mass is 162 g/mol. The molecule has 0 fully saturated rings. The van der Waals surface area contributed by atoms with Gasteiger partial charge in [0.1, 0.15) is 6.07 Å². The molecule has 0 saturated carbocycles. The zero-order chi connectivity index (χ0) is 6.12. The quantitative estimate of drug-likeness (QED) is 0.545. The largest absolute Gasteiger partial charge is 0.388 e. The number of rotatable bonds is 1. The molecule has 4 heteroatoms. The molecule has 0 radical (unpaired) electrons. The zero-order valence-electron chi connectivity index (χ0n) is 5.31. The number of ether oxygens (including phenoxy) is 2. The third-order valence-electron chi connectivity index (χ3n) is 0.109. The van der Waals surface area contributed by atoms with Crippen LogP contribution in [-0.4, -0.2) is 27.4 Å². The summed E-state index contributed by atoms with van der Waals surface area (Å²) in [5.74, 6) is 0. The first-order chi connectivity index (χ1) is 3.33. The highest BCUT2D eigenvalue weighted by Gasteiger charge is 1.54. The molecule has 54 valence electrons. The minimum atomic E-state index is 0. The first-order valence-corrected chi connectivity index (χ1v) is 2.32. The van der Waals surface area contributed by atoms with Gasteiger partial charge >= 0.3 is 0 Å². The summed E-state index contributed by atoms with van der Waals surface area (Å²) in [6.07, 6.45) is 0. The molecule has 0 heterocycles. The maximum atomic E-state index is 4.96. The minimum absolute atomic E-state index is 0. The molecule has 0 aromatic rings. The molecule has 0 aromatic carbocycles. The maximum Gasteiger partial charge on any atom is 0.120 e. The second-order valence-corrected chi connectivity index (χ2v) is 1.02. The van der Waals surface area contributed by atoms with Gasteiger partial charge in [0.15, 0.2) is 0 Å². The zero-order valence-corrected chi connectivity index (χ0v) is 6.88. The maximum absolute atomic E-state index is 4.96. The Kier molecular flexibility index (Phi) is 51.1. The lowest BCUT2D eigenvalue weighted by atomic mass is 11.5. The molecule has 0 atom stereocenters. The molecule has 0 spiro atoms. The Morgan fingerprint density at radius 1 is 1.25 bits per heavy atom. The molecular formula is C4H12Cl2O2. The average Bonchev–Trinajstić information content (AvgIpc) is 1.69. The van der Waals surface area contributed by atoms with Gasteiger partial charge in [-0.25, -0.2) is 0 Å². The van der Waals surface area contributed by atoms with E-state index in [1.807, 2.05) is 0 Å². The van der Waals surface area contributed by atoms with Crippen molar-refractivity contribution in [1.82, 2.24) is 0 Å². The van der Waals surface area contributed by atoms with E-state index in [4.69, 9.17) is 11.6 Å². The minimum Gasteiger partial charge on any atom is -0.388 e. The number of hydrogen-bond donors (Lipinski definition) is 0. The van der Waals surface area contributed by atoms with Gasteiger partial charge in [0.25, 0.3) is 0 Å². The number of alkyl halides is 1. The van der Waals surface area contributed by atoms with Crippen LogP contribution in [0, 0.1) is 0 Å².